The van der Waals surface area contributed by atoms with E-state index in [1.54, 1.807) is 0 Å². The highest BCUT2D eigenvalue weighted by molar-refractivity contribution is 5.13. The van der Waals surface area contributed by atoms with Gasteiger partial charge in [0.15, 0.2) is 0 Å². The molecule has 3 heteroatoms. The Hall–Kier alpha value is -0.960. The van der Waals surface area contributed by atoms with Gasteiger partial charge in [-0.05, 0) is 46.6 Å². The standard InChI is InChI=1S/C14H23N3/c1-10-8-12(9-15-14(2,3)4)17-13(16-10)11-6-5-7-11/h8,11,15H,5-7,9H2,1-4H3. The molecule has 1 N–H and O–H groups in total. The first-order valence-electron chi connectivity index (χ1n) is 6.53. The molecule has 1 fully saturated rings. The molecule has 0 radical (unpaired) electrons. The number of rotatable bonds is 3. The van der Waals surface area contributed by atoms with Crippen molar-refractivity contribution in [3.05, 3.63) is 23.3 Å². The van der Waals surface area contributed by atoms with Crippen molar-refractivity contribution in [3.8, 4) is 0 Å². The smallest absolute Gasteiger partial charge is 0.131 e. The van der Waals surface area contributed by atoms with Crippen molar-refractivity contribution >= 4 is 0 Å². The van der Waals surface area contributed by atoms with Crippen molar-refractivity contribution in [3.63, 3.8) is 0 Å². The summed E-state index contributed by atoms with van der Waals surface area (Å²) in [6.07, 6.45) is 3.85. The van der Waals surface area contributed by atoms with E-state index in [2.05, 4.69) is 49.0 Å². The topological polar surface area (TPSA) is 37.8 Å². The van der Waals surface area contributed by atoms with E-state index >= 15 is 0 Å². The average Bonchev–Trinajstić information content (AvgIpc) is 2.10. The quantitative estimate of drug-likeness (QED) is 0.872. The van der Waals surface area contributed by atoms with Crippen molar-refractivity contribution in [2.75, 3.05) is 0 Å². The van der Waals surface area contributed by atoms with E-state index in [0.717, 1.165) is 23.8 Å². The summed E-state index contributed by atoms with van der Waals surface area (Å²) in [5, 5.41) is 3.48. The Morgan fingerprint density at radius 2 is 2.00 bits per heavy atom. The third-order valence-corrected chi connectivity index (χ3v) is 3.19. The maximum atomic E-state index is 4.69. The molecule has 0 amide bonds. The van der Waals surface area contributed by atoms with Crippen LogP contribution in [0.15, 0.2) is 6.07 Å². The van der Waals surface area contributed by atoms with Gasteiger partial charge >= 0.3 is 0 Å². The van der Waals surface area contributed by atoms with Gasteiger partial charge < -0.3 is 5.32 Å². The molecule has 1 aromatic rings. The van der Waals surface area contributed by atoms with Crippen LogP contribution in [0.5, 0.6) is 0 Å². The van der Waals surface area contributed by atoms with Gasteiger partial charge in [0.25, 0.3) is 0 Å². The minimum Gasteiger partial charge on any atom is -0.306 e. The van der Waals surface area contributed by atoms with Gasteiger partial charge in [-0.1, -0.05) is 6.42 Å². The van der Waals surface area contributed by atoms with Crippen LogP contribution in [0.3, 0.4) is 0 Å². The van der Waals surface area contributed by atoms with Crippen molar-refractivity contribution < 1.29 is 0 Å². The number of aryl methyl sites for hydroxylation is 1. The molecule has 17 heavy (non-hydrogen) atoms. The van der Waals surface area contributed by atoms with Gasteiger partial charge in [-0.2, -0.15) is 0 Å². The average molecular weight is 233 g/mol. The Balaban J connectivity index is 2.08. The van der Waals surface area contributed by atoms with Gasteiger partial charge in [0.05, 0.1) is 5.69 Å². The number of nitrogens with zero attached hydrogens (tertiary/aromatic N) is 2. The summed E-state index contributed by atoms with van der Waals surface area (Å²) in [5.74, 6) is 1.67. The highest BCUT2D eigenvalue weighted by Gasteiger charge is 2.22. The summed E-state index contributed by atoms with van der Waals surface area (Å²) in [5.41, 5.74) is 2.34. The Morgan fingerprint density at radius 3 is 2.53 bits per heavy atom. The summed E-state index contributed by atoms with van der Waals surface area (Å²) in [6, 6.07) is 2.08. The van der Waals surface area contributed by atoms with Crippen LogP contribution in [0, 0.1) is 6.92 Å². The number of aromatic nitrogens is 2. The van der Waals surface area contributed by atoms with Crippen LogP contribution in [0.1, 0.15) is 63.2 Å². The molecule has 1 heterocycles. The molecule has 0 unspecified atom stereocenters. The second kappa shape index (κ2) is 4.73. The molecule has 0 atom stereocenters. The second-order valence-corrected chi connectivity index (χ2v) is 6.09. The predicted octanol–water partition coefficient (Wildman–Crippen LogP) is 2.94. The van der Waals surface area contributed by atoms with Gasteiger partial charge in [-0.15, -0.1) is 0 Å². The Bertz CT molecular complexity index is 389. The third-order valence-electron chi connectivity index (χ3n) is 3.19. The molecule has 1 aromatic heterocycles. The monoisotopic (exact) mass is 233 g/mol. The highest BCUT2D eigenvalue weighted by atomic mass is 15.0. The summed E-state index contributed by atoms with van der Waals surface area (Å²) in [4.78, 5) is 9.25. The zero-order valence-corrected chi connectivity index (χ0v) is 11.4. The van der Waals surface area contributed by atoms with E-state index in [1.807, 2.05) is 0 Å². The van der Waals surface area contributed by atoms with Gasteiger partial charge in [-0.25, -0.2) is 9.97 Å². The zero-order chi connectivity index (χ0) is 12.5. The third kappa shape index (κ3) is 3.50. The van der Waals surface area contributed by atoms with Gasteiger partial charge in [0, 0.05) is 23.7 Å². The predicted molar refractivity (Wildman–Crippen MR) is 70.0 cm³/mol. The lowest BCUT2D eigenvalue weighted by Crippen LogP contribution is -2.35. The minimum absolute atomic E-state index is 0.134. The highest BCUT2D eigenvalue weighted by Crippen LogP contribution is 2.34. The largest absolute Gasteiger partial charge is 0.306 e. The van der Waals surface area contributed by atoms with Gasteiger partial charge in [-0.3, -0.25) is 0 Å². The fraction of sp³-hybridized carbons (Fsp3) is 0.714. The molecular formula is C14H23N3. The molecule has 1 saturated carbocycles. The van der Waals surface area contributed by atoms with E-state index in [-0.39, 0.29) is 5.54 Å². The van der Waals surface area contributed by atoms with E-state index in [9.17, 15) is 0 Å². The molecule has 1 aliphatic carbocycles. The number of hydrogen-bond donors (Lipinski definition) is 1. The van der Waals surface area contributed by atoms with Gasteiger partial charge in [0.2, 0.25) is 0 Å². The molecule has 0 aromatic carbocycles. The summed E-state index contributed by atoms with van der Waals surface area (Å²) < 4.78 is 0. The van der Waals surface area contributed by atoms with E-state index in [4.69, 9.17) is 0 Å². The SMILES string of the molecule is Cc1cc(CNC(C)(C)C)nc(C2CCC2)n1. The summed E-state index contributed by atoms with van der Waals surface area (Å²) >= 11 is 0. The molecule has 0 aliphatic heterocycles. The molecule has 0 spiro atoms. The maximum Gasteiger partial charge on any atom is 0.131 e. The minimum atomic E-state index is 0.134. The number of hydrogen-bond acceptors (Lipinski definition) is 3. The Labute approximate surface area is 104 Å². The first kappa shape index (κ1) is 12.5. The van der Waals surface area contributed by atoms with Crippen molar-refractivity contribution in [1.82, 2.24) is 15.3 Å². The van der Waals surface area contributed by atoms with Crippen molar-refractivity contribution in [2.45, 2.75) is 65.0 Å². The molecular weight excluding hydrogens is 210 g/mol. The fourth-order valence-corrected chi connectivity index (χ4v) is 1.95. The number of nitrogens with one attached hydrogen (secondary N) is 1. The van der Waals surface area contributed by atoms with Crippen LogP contribution in [-0.4, -0.2) is 15.5 Å². The summed E-state index contributed by atoms with van der Waals surface area (Å²) in [6.45, 7) is 9.41. The molecule has 0 saturated heterocycles. The molecule has 0 bridgehead atoms. The van der Waals surface area contributed by atoms with Crippen molar-refractivity contribution in [1.29, 1.82) is 0 Å². The normalized spacial score (nSPS) is 16.9. The van der Waals surface area contributed by atoms with Crippen LogP contribution in [0.4, 0.5) is 0 Å². The van der Waals surface area contributed by atoms with E-state index < -0.39 is 0 Å². The lowest BCUT2D eigenvalue weighted by atomic mass is 9.85. The second-order valence-electron chi connectivity index (χ2n) is 6.09. The van der Waals surface area contributed by atoms with Crippen LogP contribution in [-0.2, 0) is 6.54 Å². The molecule has 1 aliphatic rings. The van der Waals surface area contributed by atoms with Crippen LogP contribution < -0.4 is 5.32 Å². The van der Waals surface area contributed by atoms with E-state index in [0.29, 0.717) is 5.92 Å². The molecule has 94 valence electrons. The van der Waals surface area contributed by atoms with Crippen molar-refractivity contribution in [2.24, 2.45) is 0 Å². The lowest BCUT2D eigenvalue weighted by molar-refractivity contribution is 0.394. The van der Waals surface area contributed by atoms with Gasteiger partial charge in [0.1, 0.15) is 5.82 Å². The first-order valence-corrected chi connectivity index (χ1v) is 6.53. The van der Waals surface area contributed by atoms with Crippen LogP contribution in [0.2, 0.25) is 0 Å². The zero-order valence-electron chi connectivity index (χ0n) is 11.4. The van der Waals surface area contributed by atoms with Crippen LogP contribution >= 0.6 is 0 Å². The fourth-order valence-electron chi connectivity index (χ4n) is 1.95. The summed E-state index contributed by atoms with van der Waals surface area (Å²) in [7, 11) is 0. The Morgan fingerprint density at radius 1 is 1.29 bits per heavy atom. The molecule has 3 nitrogen and oxygen atoms in total. The molecule has 2 rings (SSSR count). The lowest BCUT2D eigenvalue weighted by Gasteiger charge is -2.25. The van der Waals surface area contributed by atoms with E-state index in [1.165, 1.54) is 19.3 Å². The Kier molecular flexibility index (Phi) is 3.48. The van der Waals surface area contributed by atoms with Crippen LogP contribution in [0.25, 0.3) is 0 Å². The maximum absolute atomic E-state index is 4.69. The first-order chi connectivity index (χ1) is 7.94.